The molecule has 1 amide bonds. The summed E-state index contributed by atoms with van der Waals surface area (Å²) >= 11 is 0. The zero-order valence-corrected chi connectivity index (χ0v) is 13.4. The van der Waals surface area contributed by atoms with E-state index in [1.165, 1.54) is 25.7 Å². The van der Waals surface area contributed by atoms with Gasteiger partial charge in [0.25, 0.3) is 0 Å². The van der Waals surface area contributed by atoms with Gasteiger partial charge in [-0.15, -0.1) is 0 Å². The normalized spacial score (nSPS) is 23.9. The van der Waals surface area contributed by atoms with Crippen LogP contribution in [0.2, 0.25) is 0 Å². The highest BCUT2D eigenvalue weighted by Gasteiger charge is 2.24. The molecule has 1 rings (SSSR count). The number of primary amides is 1. The number of nitrogens with two attached hydrogens (primary N) is 1. The van der Waals surface area contributed by atoms with Gasteiger partial charge in [0, 0.05) is 13.0 Å². The molecule has 5 nitrogen and oxygen atoms in total. The third-order valence-corrected chi connectivity index (χ3v) is 4.27. The molecular weight excluding hydrogens is 268 g/mol. The molecule has 0 saturated heterocycles. The van der Waals surface area contributed by atoms with Crippen molar-refractivity contribution in [1.82, 2.24) is 5.32 Å². The summed E-state index contributed by atoms with van der Waals surface area (Å²) in [5, 5.41) is 13.1. The molecule has 0 aromatic heterocycles. The Morgan fingerprint density at radius 2 is 2.14 bits per heavy atom. The van der Waals surface area contributed by atoms with E-state index in [-0.39, 0.29) is 5.91 Å². The van der Waals surface area contributed by atoms with Gasteiger partial charge in [0.2, 0.25) is 5.91 Å². The van der Waals surface area contributed by atoms with Gasteiger partial charge in [-0.25, -0.2) is 0 Å². The van der Waals surface area contributed by atoms with Gasteiger partial charge < -0.3 is 20.9 Å². The van der Waals surface area contributed by atoms with Gasteiger partial charge in [0.05, 0.1) is 18.8 Å². The molecule has 0 bridgehead atoms. The van der Waals surface area contributed by atoms with Crippen LogP contribution < -0.4 is 11.1 Å². The van der Waals surface area contributed by atoms with Gasteiger partial charge in [0.1, 0.15) is 0 Å². The van der Waals surface area contributed by atoms with Crippen LogP contribution in [0.3, 0.4) is 0 Å². The highest BCUT2D eigenvalue weighted by molar-refractivity contribution is 5.73. The summed E-state index contributed by atoms with van der Waals surface area (Å²) in [6.07, 6.45) is 8.12. The third-order valence-electron chi connectivity index (χ3n) is 4.27. The zero-order valence-electron chi connectivity index (χ0n) is 13.4. The fraction of sp³-hybridized carbons (Fsp3) is 0.938. The van der Waals surface area contributed by atoms with E-state index in [0.29, 0.717) is 31.6 Å². The van der Waals surface area contributed by atoms with Crippen LogP contribution in [0.4, 0.5) is 0 Å². The average Bonchev–Trinajstić information content (AvgIpc) is 2.48. The van der Waals surface area contributed by atoms with Crippen molar-refractivity contribution in [2.24, 2.45) is 11.7 Å². The summed E-state index contributed by atoms with van der Waals surface area (Å²) in [5.74, 6) is 0.411. The van der Waals surface area contributed by atoms with E-state index in [0.717, 1.165) is 25.8 Å². The molecule has 0 aromatic rings. The SMILES string of the molecule is CCC1CCCCC1OCC(O)CNCCCCC(N)=O. The molecule has 1 fully saturated rings. The largest absolute Gasteiger partial charge is 0.389 e. The predicted molar refractivity (Wildman–Crippen MR) is 83.9 cm³/mol. The van der Waals surface area contributed by atoms with Crippen molar-refractivity contribution in [2.45, 2.75) is 70.5 Å². The van der Waals surface area contributed by atoms with E-state index in [9.17, 15) is 9.90 Å². The van der Waals surface area contributed by atoms with Gasteiger partial charge in [-0.05, 0) is 38.1 Å². The van der Waals surface area contributed by atoms with E-state index in [1.54, 1.807) is 0 Å². The molecule has 5 heteroatoms. The van der Waals surface area contributed by atoms with Crippen LogP contribution in [0.1, 0.15) is 58.3 Å². The third kappa shape index (κ3) is 8.39. The lowest BCUT2D eigenvalue weighted by Gasteiger charge is -2.31. The second kappa shape index (κ2) is 11.0. The molecule has 4 N–H and O–H groups in total. The van der Waals surface area contributed by atoms with E-state index in [1.807, 2.05) is 0 Å². The first-order chi connectivity index (χ1) is 10.1. The predicted octanol–water partition coefficient (Wildman–Crippen LogP) is 1.58. The zero-order chi connectivity index (χ0) is 15.5. The number of unbranched alkanes of at least 4 members (excludes halogenated alkanes) is 1. The molecule has 0 spiro atoms. The van der Waals surface area contributed by atoms with Crippen LogP contribution in [0.5, 0.6) is 0 Å². The summed E-state index contributed by atoms with van der Waals surface area (Å²) < 4.78 is 5.91. The van der Waals surface area contributed by atoms with Crippen molar-refractivity contribution in [3.8, 4) is 0 Å². The Bertz CT molecular complexity index is 287. The summed E-state index contributed by atoms with van der Waals surface area (Å²) in [4.78, 5) is 10.6. The summed E-state index contributed by atoms with van der Waals surface area (Å²) in [6, 6.07) is 0. The molecule has 0 aromatic carbocycles. The Labute approximate surface area is 128 Å². The summed E-state index contributed by atoms with van der Waals surface area (Å²) in [7, 11) is 0. The Balaban J connectivity index is 2.02. The van der Waals surface area contributed by atoms with Gasteiger partial charge in [-0.1, -0.05) is 26.2 Å². The van der Waals surface area contributed by atoms with Crippen LogP contribution in [0.25, 0.3) is 0 Å². The van der Waals surface area contributed by atoms with Crippen LogP contribution in [0, 0.1) is 5.92 Å². The van der Waals surface area contributed by atoms with Crippen LogP contribution >= 0.6 is 0 Å². The highest BCUT2D eigenvalue weighted by Crippen LogP contribution is 2.29. The Morgan fingerprint density at radius 1 is 1.38 bits per heavy atom. The molecule has 1 saturated carbocycles. The molecule has 21 heavy (non-hydrogen) atoms. The van der Waals surface area contributed by atoms with Crippen LogP contribution in [0.15, 0.2) is 0 Å². The molecule has 0 radical (unpaired) electrons. The number of hydrogen-bond acceptors (Lipinski definition) is 4. The molecule has 0 heterocycles. The van der Waals surface area contributed by atoms with Crippen molar-refractivity contribution < 1.29 is 14.6 Å². The van der Waals surface area contributed by atoms with Crippen molar-refractivity contribution in [1.29, 1.82) is 0 Å². The van der Waals surface area contributed by atoms with Gasteiger partial charge in [0.15, 0.2) is 0 Å². The topological polar surface area (TPSA) is 84.6 Å². The summed E-state index contributed by atoms with van der Waals surface area (Å²) in [6.45, 7) is 3.97. The molecule has 3 atom stereocenters. The van der Waals surface area contributed by atoms with Crippen molar-refractivity contribution in [3.63, 3.8) is 0 Å². The van der Waals surface area contributed by atoms with Crippen LogP contribution in [-0.4, -0.2) is 42.9 Å². The second-order valence-electron chi connectivity index (χ2n) is 6.11. The van der Waals surface area contributed by atoms with Gasteiger partial charge in [-0.3, -0.25) is 4.79 Å². The molecule has 1 aliphatic rings. The van der Waals surface area contributed by atoms with E-state index >= 15 is 0 Å². The molecule has 1 aliphatic carbocycles. The number of aliphatic hydroxyl groups is 1. The number of rotatable bonds is 11. The van der Waals surface area contributed by atoms with E-state index in [2.05, 4.69) is 12.2 Å². The first-order valence-electron chi connectivity index (χ1n) is 8.42. The molecule has 0 aliphatic heterocycles. The van der Waals surface area contributed by atoms with Gasteiger partial charge >= 0.3 is 0 Å². The second-order valence-corrected chi connectivity index (χ2v) is 6.11. The minimum absolute atomic E-state index is 0.249. The van der Waals surface area contributed by atoms with Gasteiger partial charge in [-0.2, -0.15) is 0 Å². The Morgan fingerprint density at radius 3 is 2.86 bits per heavy atom. The summed E-state index contributed by atoms with van der Waals surface area (Å²) in [5.41, 5.74) is 5.07. The minimum Gasteiger partial charge on any atom is -0.389 e. The van der Waals surface area contributed by atoms with Crippen molar-refractivity contribution in [3.05, 3.63) is 0 Å². The Kier molecular flexibility index (Phi) is 9.63. The number of hydrogen-bond donors (Lipinski definition) is 3. The first-order valence-corrected chi connectivity index (χ1v) is 8.42. The standard InChI is InChI=1S/C16H32N2O3/c1-2-13-7-3-4-8-15(13)21-12-14(19)11-18-10-6-5-9-16(17)20/h13-15,18-19H,2-12H2,1H3,(H2,17,20). The molecular formula is C16H32N2O3. The highest BCUT2D eigenvalue weighted by atomic mass is 16.5. The maximum absolute atomic E-state index is 10.6. The minimum atomic E-state index is -0.458. The lowest BCUT2D eigenvalue weighted by Crippen LogP contribution is -2.35. The van der Waals surface area contributed by atoms with Crippen LogP contribution in [-0.2, 0) is 9.53 Å². The van der Waals surface area contributed by atoms with E-state index in [4.69, 9.17) is 10.5 Å². The average molecular weight is 300 g/mol. The monoisotopic (exact) mass is 300 g/mol. The molecule has 124 valence electrons. The molecule has 3 unspecified atom stereocenters. The number of carbonyl (C=O) groups is 1. The van der Waals surface area contributed by atoms with E-state index < -0.39 is 6.10 Å². The number of amides is 1. The Hall–Kier alpha value is -0.650. The quantitative estimate of drug-likeness (QED) is 0.506. The number of aliphatic hydroxyl groups excluding tert-OH is 1. The van der Waals surface area contributed by atoms with Crippen molar-refractivity contribution >= 4 is 5.91 Å². The fourth-order valence-electron chi connectivity index (χ4n) is 2.97. The van der Waals surface area contributed by atoms with Crippen molar-refractivity contribution in [2.75, 3.05) is 19.7 Å². The smallest absolute Gasteiger partial charge is 0.217 e. The number of ether oxygens (including phenoxy) is 1. The fourth-order valence-corrected chi connectivity index (χ4v) is 2.97. The first kappa shape index (κ1) is 18.4. The lowest BCUT2D eigenvalue weighted by atomic mass is 9.85. The lowest BCUT2D eigenvalue weighted by molar-refractivity contribution is -0.118. The maximum Gasteiger partial charge on any atom is 0.217 e. The number of nitrogens with one attached hydrogen (secondary N) is 1. The number of carbonyl (C=O) groups excluding carboxylic acids is 1. The maximum atomic E-state index is 10.6.